The first-order chi connectivity index (χ1) is 11.2. The number of hydrogen-bond donors (Lipinski definition) is 0. The highest BCUT2D eigenvalue weighted by Gasteiger charge is 2.31. The minimum atomic E-state index is 0.335. The fraction of sp³-hybridized carbons (Fsp3) is 0.714. The number of quaternary nitrogens is 1. The van der Waals surface area contributed by atoms with Gasteiger partial charge in [0.2, 0.25) is 0 Å². The van der Waals surface area contributed by atoms with Gasteiger partial charge < -0.3 is 0 Å². The smallest absolute Gasteiger partial charge is 0.121 e. The van der Waals surface area contributed by atoms with Crippen molar-refractivity contribution in [1.82, 2.24) is 0 Å². The molecule has 0 radical (unpaired) electrons. The van der Waals surface area contributed by atoms with Crippen LogP contribution in [0.2, 0.25) is 0 Å². The molecule has 0 aromatic heterocycles. The predicted octanol–water partition coefficient (Wildman–Crippen LogP) is 5.77. The highest BCUT2D eigenvalue weighted by molar-refractivity contribution is 5.15. The molecule has 2 nitrogen and oxygen atoms in total. The van der Waals surface area contributed by atoms with E-state index in [9.17, 15) is 0 Å². The fourth-order valence-corrected chi connectivity index (χ4v) is 3.53. The second-order valence-corrected chi connectivity index (χ2v) is 6.79. The van der Waals surface area contributed by atoms with Gasteiger partial charge in [0.05, 0.1) is 0 Å². The lowest BCUT2D eigenvalue weighted by molar-refractivity contribution is -1.11. The van der Waals surface area contributed by atoms with Crippen molar-refractivity contribution in [2.24, 2.45) is 0 Å². The Kier molecular flexibility index (Phi) is 10.2. The molecule has 1 rings (SSSR count). The molecule has 0 aliphatic carbocycles. The highest BCUT2D eigenvalue weighted by Crippen LogP contribution is 2.21. The van der Waals surface area contributed by atoms with Crippen molar-refractivity contribution in [2.45, 2.75) is 78.7 Å². The van der Waals surface area contributed by atoms with E-state index in [1.54, 1.807) is 0 Å². The van der Waals surface area contributed by atoms with Crippen LogP contribution in [0.5, 0.6) is 0 Å². The van der Waals surface area contributed by atoms with Crippen LogP contribution in [-0.4, -0.2) is 30.4 Å². The molecule has 0 spiro atoms. The number of hydroxylamine groups is 3. The number of nitrogens with zero attached hydrogens (tertiary/aromatic N) is 1. The second kappa shape index (κ2) is 11.6. The quantitative estimate of drug-likeness (QED) is 0.331. The SMILES string of the molecule is CCCCC(Cc1ccccc1)O[N+](CCC)(CCC)CCC. The first kappa shape index (κ1) is 20.2. The third-order valence-corrected chi connectivity index (χ3v) is 4.45. The summed E-state index contributed by atoms with van der Waals surface area (Å²) in [4.78, 5) is 6.80. The third-order valence-electron chi connectivity index (χ3n) is 4.45. The molecule has 1 unspecified atom stereocenters. The molecule has 0 N–H and O–H groups in total. The van der Waals surface area contributed by atoms with Crippen molar-refractivity contribution < 1.29 is 9.48 Å². The summed E-state index contributed by atoms with van der Waals surface area (Å²) in [6.07, 6.45) is 8.59. The largest absolute Gasteiger partial charge is 0.199 e. The van der Waals surface area contributed by atoms with E-state index in [0.29, 0.717) is 6.10 Å². The van der Waals surface area contributed by atoms with Crippen LogP contribution in [0.15, 0.2) is 30.3 Å². The van der Waals surface area contributed by atoms with Gasteiger partial charge in [-0.3, -0.25) is 0 Å². The lowest BCUT2D eigenvalue weighted by Gasteiger charge is -2.38. The second-order valence-electron chi connectivity index (χ2n) is 6.79. The van der Waals surface area contributed by atoms with Gasteiger partial charge in [0.15, 0.2) is 0 Å². The van der Waals surface area contributed by atoms with Crippen LogP contribution in [0.3, 0.4) is 0 Å². The summed E-state index contributed by atoms with van der Waals surface area (Å²) < 4.78 is 0.852. The van der Waals surface area contributed by atoms with Gasteiger partial charge in [0.25, 0.3) is 0 Å². The van der Waals surface area contributed by atoms with Crippen LogP contribution in [0, 0.1) is 0 Å². The van der Waals surface area contributed by atoms with Gasteiger partial charge in [-0.2, -0.15) is 9.48 Å². The zero-order valence-electron chi connectivity index (χ0n) is 15.9. The maximum absolute atomic E-state index is 6.80. The number of unbranched alkanes of at least 4 members (excludes halogenated alkanes) is 1. The molecule has 0 amide bonds. The molecule has 2 heteroatoms. The van der Waals surface area contributed by atoms with Crippen LogP contribution in [0.4, 0.5) is 0 Å². The van der Waals surface area contributed by atoms with Gasteiger partial charge in [-0.1, -0.05) is 70.9 Å². The topological polar surface area (TPSA) is 9.23 Å². The standard InChI is InChI=1S/C21H38NO/c1-5-9-15-21(19-20-13-11-10-12-14-20)23-22(16-6-2,17-7-3)18-8-4/h10-14,21H,5-9,15-19H2,1-4H3/q+1. The molecule has 23 heavy (non-hydrogen) atoms. The lowest BCUT2D eigenvalue weighted by atomic mass is 10.0. The third kappa shape index (κ3) is 7.50. The molecule has 0 saturated heterocycles. The van der Waals surface area contributed by atoms with Crippen molar-refractivity contribution in [3.63, 3.8) is 0 Å². The molecule has 0 aliphatic heterocycles. The van der Waals surface area contributed by atoms with Crippen molar-refractivity contribution >= 4 is 0 Å². The van der Waals surface area contributed by atoms with Crippen molar-refractivity contribution in [3.8, 4) is 0 Å². The number of benzene rings is 1. The Balaban J connectivity index is 2.84. The van der Waals surface area contributed by atoms with E-state index in [4.69, 9.17) is 4.84 Å². The Morgan fingerprint density at radius 2 is 1.39 bits per heavy atom. The Bertz CT molecular complexity index is 373. The maximum Gasteiger partial charge on any atom is 0.121 e. The molecular formula is C21H38NO+. The van der Waals surface area contributed by atoms with Gasteiger partial charge in [-0.25, -0.2) is 0 Å². The molecule has 0 aliphatic rings. The molecule has 0 heterocycles. The number of rotatable bonds is 13. The fourth-order valence-electron chi connectivity index (χ4n) is 3.53. The molecule has 132 valence electrons. The van der Waals surface area contributed by atoms with Crippen LogP contribution >= 0.6 is 0 Å². The summed E-state index contributed by atoms with van der Waals surface area (Å²) in [5, 5.41) is 0. The van der Waals surface area contributed by atoms with Gasteiger partial charge >= 0.3 is 0 Å². The normalized spacial score (nSPS) is 13.2. The number of hydrogen-bond acceptors (Lipinski definition) is 1. The van der Waals surface area contributed by atoms with Gasteiger partial charge in [-0.05, 0) is 31.2 Å². The molecule has 1 aromatic rings. The zero-order valence-corrected chi connectivity index (χ0v) is 15.9. The minimum Gasteiger partial charge on any atom is -0.199 e. The Labute approximate surface area is 144 Å². The maximum atomic E-state index is 6.80. The molecular weight excluding hydrogens is 282 g/mol. The lowest BCUT2D eigenvalue weighted by Crippen LogP contribution is -2.52. The summed E-state index contributed by atoms with van der Waals surface area (Å²) in [7, 11) is 0. The summed E-state index contributed by atoms with van der Waals surface area (Å²) in [6, 6.07) is 10.8. The van der Waals surface area contributed by atoms with Crippen LogP contribution < -0.4 is 0 Å². The van der Waals surface area contributed by atoms with Gasteiger partial charge in [0.1, 0.15) is 25.7 Å². The summed E-state index contributed by atoms with van der Waals surface area (Å²) >= 11 is 0. The summed E-state index contributed by atoms with van der Waals surface area (Å²) in [6.45, 7) is 12.5. The zero-order chi connectivity index (χ0) is 17.0. The average Bonchev–Trinajstić information content (AvgIpc) is 2.54. The predicted molar refractivity (Wildman–Crippen MR) is 100 cm³/mol. The van der Waals surface area contributed by atoms with E-state index in [0.717, 1.165) is 30.7 Å². The minimum absolute atomic E-state index is 0.335. The monoisotopic (exact) mass is 320 g/mol. The first-order valence-corrected chi connectivity index (χ1v) is 9.78. The molecule has 1 atom stereocenters. The van der Waals surface area contributed by atoms with Crippen molar-refractivity contribution in [2.75, 3.05) is 19.6 Å². The van der Waals surface area contributed by atoms with E-state index in [-0.39, 0.29) is 0 Å². The van der Waals surface area contributed by atoms with E-state index < -0.39 is 0 Å². The first-order valence-electron chi connectivity index (χ1n) is 9.78. The van der Waals surface area contributed by atoms with Crippen LogP contribution in [-0.2, 0) is 11.3 Å². The van der Waals surface area contributed by atoms with Gasteiger partial charge in [0, 0.05) is 6.42 Å². The Morgan fingerprint density at radius 1 is 0.826 bits per heavy atom. The Hall–Kier alpha value is -0.860. The van der Waals surface area contributed by atoms with Crippen molar-refractivity contribution in [1.29, 1.82) is 0 Å². The average molecular weight is 321 g/mol. The highest BCUT2D eigenvalue weighted by atomic mass is 16.7. The van der Waals surface area contributed by atoms with E-state index in [2.05, 4.69) is 58.0 Å². The molecule has 0 fully saturated rings. The van der Waals surface area contributed by atoms with Gasteiger partial charge in [-0.15, -0.1) is 0 Å². The van der Waals surface area contributed by atoms with Crippen LogP contribution in [0.25, 0.3) is 0 Å². The molecule has 1 aromatic carbocycles. The summed E-state index contributed by atoms with van der Waals surface area (Å²) in [5.74, 6) is 0. The van der Waals surface area contributed by atoms with E-state index >= 15 is 0 Å². The van der Waals surface area contributed by atoms with E-state index in [1.807, 2.05) is 0 Å². The Morgan fingerprint density at radius 3 is 1.87 bits per heavy atom. The van der Waals surface area contributed by atoms with E-state index in [1.165, 1.54) is 44.1 Å². The summed E-state index contributed by atoms with van der Waals surface area (Å²) in [5.41, 5.74) is 1.40. The molecule has 0 saturated carbocycles. The van der Waals surface area contributed by atoms with Crippen LogP contribution in [0.1, 0.15) is 71.8 Å². The van der Waals surface area contributed by atoms with Crippen molar-refractivity contribution in [3.05, 3.63) is 35.9 Å². The molecule has 0 bridgehead atoms.